The average Bonchev–Trinajstić information content (AvgIpc) is 2.60. The van der Waals surface area contributed by atoms with Crippen LogP contribution in [0.2, 0.25) is 0 Å². The van der Waals surface area contributed by atoms with Gasteiger partial charge in [0.25, 0.3) is 0 Å². The molecule has 0 atom stereocenters. The Bertz CT molecular complexity index is 407. The minimum absolute atomic E-state index is 0.898. The van der Waals surface area contributed by atoms with Gasteiger partial charge in [0.2, 0.25) is 0 Å². The Morgan fingerprint density at radius 2 is 2.21 bits per heavy atom. The minimum atomic E-state index is 0.898. The second kappa shape index (κ2) is 4.09. The third-order valence-electron chi connectivity index (χ3n) is 2.13. The van der Waals surface area contributed by atoms with Crippen molar-refractivity contribution < 1.29 is 0 Å². The van der Waals surface area contributed by atoms with E-state index in [1.54, 1.807) is 0 Å². The molecule has 1 N–H and O–H groups in total. The summed E-state index contributed by atoms with van der Waals surface area (Å²) in [4.78, 5) is 7.60. The molecule has 2 aromatic rings. The van der Waals surface area contributed by atoms with Crippen molar-refractivity contribution in [1.29, 1.82) is 0 Å². The Morgan fingerprint density at radius 3 is 3.00 bits per heavy atom. The molecule has 1 aromatic heterocycles. The smallest absolute Gasteiger partial charge is 0.0572 e. The average molecular weight is 186 g/mol. The molecule has 0 bridgehead atoms. The number of nitrogens with one attached hydrogen (secondary N) is 1. The standard InChI is InChI=1S/C12H14N2/c1-2-7-13-9-11-8-10-5-3-4-6-12(10)14-11/h3-6,8-9,14H,2,7H2,1H3. The molecule has 1 aromatic carbocycles. The molecular formula is C12H14N2. The van der Waals surface area contributed by atoms with Crippen LogP contribution in [0.4, 0.5) is 0 Å². The summed E-state index contributed by atoms with van der Waals surface area (Å²) < 4.78 is 0. The number of aromatic nitrogens is 1. The normalized spacial score (nSPS) is 11.5. The summed E-state index contributed by atoms with van der Waals surface area (Å²) in [5, 5.41) is 1.24. The lowest BCUT2D eigenvalue weighted by atomic mass is 10.2. The lowest BCUT2D eigenvalue weighted by Gasteiger charge is -1.86. The largest absolute Gasteiger partial charge is 0.354 e. The molecule has 0 amide bonds. The zero-order valence-corrected chi connectivity index (χ0v) is 8.33. The van der Waals surface area contributed by atoms with Crippen LogP contribution in [-0.4, -0.2) is 17.7 Å². The molecule has 0 saturated carbocycles. The van der Waals surface area contributed by atoms with E-state index in [-0.39, 0.29) is 0 Å². The molecule has 72 valence electrons. The number of rotatable bonds is 3. The molecule has 2 nitrogen and oxygen atoms in total. The van der Waals surface area contributed by atoms with Gasteiger partial charge in [0, 0.05) is 23.7 Å². The number of aromatic amines is 1. The Labute approximate surface area is 83.7 Å². The molecule has 0 unspecified atom stereocenters. The first-order chi connectivity index (χ1) is 6.90. The fourth-order valence-electron chi connectivity index (χ4n) is 1.46. The molecule has 0 spiro atoms. The lowest BCUT2D eigenvalue weighted by molar-refractivity contribution is 0.936. The van der Waals surface area contributed by atoms with E-state index >= 15 is 0 Å². The summed E-state index contributed by atoms with van der Waals surface area (Å²) >= 11 is 0. The Hall–Kier alpha value is -1.57. The summed E-state index contributed by atoms with van der Waals surface area (Å²) in [6.45, 7) is 3.03. The molecule has 2 heteroatoms. The number of hydrogen-bond donors (Lipinski definition) is 1. The highest BCUT2D eigenvalue weighted by Gasteiger charge is 1.95. The van der Waals surface area contributed by atoms with Crippen LogP contribution in [0.3, 0.4) is 0 Å². The van der Waals surface area contributed by atoms with Gasteiger partial charge in [-0.1, -0.05) is 25.1 Å². The fourth-order valence-corrected chi connectivity index (χ4v) is 1.46. The molecule has 0 aliphatic carbocycles. The molecule has 0 saturated heterocycles. The zero-order valence-electron chi connectivity index (χ0n) is 8.33. The number of benzene rings is 1. The lowest BCUT2D eigenvalue weighted by Crippen LogP contribution is -1.82. The Kier molecular flexibility index (Phi) is 2.63. The van der Waals surface area contributed by atoms with E-state index in [1.807, 2.05) is 18.3 Å². The van der Waals surface area contributed by atoms with Gasteiger partial charge in [-0.25, -0.2) is 0 Å². The van der Waals surface area contributed by atoms with E-state index in [1.165, 1.54) is 10.9 Å². The number of fused-ring (bicyclic) bond motifs is 1. The molecule has 14 heavy (non-hydrogen) atoms. The van der Waals surface area contributed by atoms with E-state index in [4.69, 9.17) is 0 Å². The number of H-pyrrole nitrogens is 1. The van der Waals surface area contributed by atoms with Crippen molar-refractivity contribution in [3.05, 3.63) is 36.0 Å². The maximum atomic E-state index is 4.30. The van der Waals surface area contributed by atoms with Gasteiger partial charge in [0.15, 0.2) is 0 Å². The number of aliphatic imine (C=N–C) groups is 1. The van der Waals surface area contributed by atoms with E-state index in [0.29, 0.717) is 0 Å². The van der Waals surface area contributed by atoms with Gasteiger partial charge in [-0.05, 0) is 18.6 Å². The molecule has 2 rings (SSSR count). The highest BCUT2D eigenvalue weighted by Crippen LogP contribution is 2.13. The highest BCUT2D eigenvalue weighted by atomic mass is 14.8. The Balaban J connectivity index is 2.27. The van der Waals surface area contributed by atoms with Crippen molar-refractivity contribution in [2.45, 2.75) is 13.3 Å². The van der Waals surface area contributed by atoms with Crippen LogP contribution in [0.5, 0.6) is 0 Å². The quantitative estimate of drug-likeness (QED) is 0.714. The third kappa shape index (κ3) is 1.84. The van der Waals surface area contributed by atoms with Gasteiger partial charge in [0.05, 0.1) is 5.69 Å². The van der Waals surface area contributed by atoms with Gasteiger partial charge in [-0.3, -0.25) is 4.99 Å². The van der Waals surface area contributed by atoms with Crippen molar-refractivity contribution in [2.24, 2.45) is 4.99 Å². The summed E-state index contributed by atoms with van der Waals surface area (Å²) in [5.74, 6) is 0. The van der Waals surface area contributed by atoms with E-state index in [2.05, 4.69) is 35.1 Å². The number of nitrogens with zero attached hydrogens (tertiary/aromatic N) is 1. The molecule has 1 heterocycles. The van der Waals surface area contributed by atoms with Gasteiger partial charge in [0.1, 0.15) is 0 Å². The monoisotopic (exact) mass is 186 g/mol. The predicted octanol–water partition coefficient (Wildman–Crippen LogP) is 3.00. The fraction of sp³-hybridized carbons (Fsp3) is 0.250. The first kappa shape index (κ1) is 9.00. The van der Waals surface area contributed by atoms with Crippen LogP contribution in [0.15, 0.2) is 35.3 Å². The van der Waals surface area contributed by atoms with Crippen LogP contribution in [0, 0.1) is 0 Å². The summed E-state index contributed by atoms with van der Waals surface area (Å²) in [6.07, 6.45) is 3.00. The molecule has 0 radical (unpaired) electrons. The maximum absolute atomic E-state index is 4.30. The van der Waals surface area contributed by atoms with Crippen molar-refractivity contribution >= 4 is 17.1 Å². The topological polar surface area (TPSA) is 28.1 Å². The van der Waals surface area contributed by atoms with Crippen LogP contribution < -0.4 is 0 Å². The van der Waals surface area contributed by atoms with Gasteiger partial charge < -0.3 is 4.98 Å². The van der Waals surface area contributed by atoms with E-state index in [0.717, 1.165) is 18.7 Å². The van der Waals surface area contributed by atoms with Gasteiger partial charge in [-0.2, -0.15) is 0 Å². The summed E-state index contributed by atoms with van der Waals surface area (Å²) in [6, 6.07) is 10.4. The SMILES string of the molecule is CCCN=Cc1cc2ccccc2[nH]1. The van der Waals surface area contributed by atoms with E-state index < -0.39 is 0 Å². The van der Waals surface area contributed by atoms with Crippen molar-refractivity contribution in [3.63, 3.8) is 0 Å². The van der Waals surface area contributed by atoms with Crippen molar-refractivity contribution in [1.82, 2.24) is 4.98 Å². The first-order valence-electron chi connectivity index (χ1n) is 4.97. The predicted molar refractivity (Wildman–Crippen MR) is 61.1 cm³/mol. The van der Waals surface area contributed by atoms with Gasteiger partial charge in [-0.15, -0.1) is 0 Å². The highest BCUT2D eigenvalue weighted by molar-refractivity contribution is 5.89. The minimum Gasteiger partial charge on any atom is -0.354 e. The van der Waals surface area contributed by atoms with Crippen molar-refractivity contribution in [3.8, 4) is 0 Å². The second-order valence-corrected chi connectivity index (χ2v) is 3.35. The van der Waals surface area contributed by atoms with E-state index in [9.17, 15) is 0 Å². The zero-order chi connectivity index (χ0) is 9.80. The summed E-state index contributed by atoms with van der Waals surface area (Å²) in [7, 11) is 0. The third-order valence-corrected chi connectivity index (χ3v) is 2.13. The number of hydrogen-bond acceptors (Lipinski definition) is 1. The summed E-state index contributed by atoms with van der Waals surface area (Å²) in [5.41, 5.74) is 2.25. The molecule has 0 fully saturated rings. The number of para-hydroxylation sites is 1. The first-order valence-corrected chi connectivity index (χ1v) is 4.97. The van der Waals surface area contributed by atoms with Crippen LogP contribution in [-0.2, 0) is 0 Å². The second-order valence-electron chi connectivity index (χ2n) is 3.35. The molecule has 0 aliphatic heterocycles. The van der Waals surface area contributed by atoms with Crippen molar-refractivity contribution in [2.75, 3.05) is 6.54 Å². The van der Waals surface area contributed by atoms with Crippen LogP contribution >= 0.6 is 0 Å². The van der Waals surface area contributed by atoms with Crippen LogP contribution in [0.1, 0.15) is 19.0 Å². The Morgan fingerprint density at radius 1 is 1.36 bits per heavy atom. The molecule has 0 aliphatic rings. The molecular weight excluding hydrogens is 172 g/mol. The van der Waals surface area contributed by atoms with Crippen LogP contribution in [0.25, 0.3) is 10.9 Å². The van der Waals surface area contributed by atoms with Gasteiger partial charge >= 0.3 is 0 Å². The maximum Gasteiger partial charge on any atom is 0.0572 e.